The van der Waals surface area contributed by atoms with Crippen LogP contribution in [0, 0.1) is 0 Å². The SMILES string of the molecule is C[C@](O)(CS(=O)(=O)c1ccc(Cl)c(Cl)c1)C(=O)Nc1ccc(Cl)cc1. The van der Waals surface area contributed by atoms with Crippen molar-refractivity contribution in [1.29, 1.82) is 0 Å². The Kier molecular flexibility index (Phi) is 6.01. The van der Waals surface area contributed by atoms with E-state index in [0.29, 0.717) is 10.7 Å². The van der Waals surface area contributed by atoms with Crippen LogP contribution in [0.2, 0.25) is 15.1 Å². The first-order valence-corrected chi connectivity index (χ1v) is 9.77. The number of sulfone groups is 1. The molecule has 0 heterocycles. The fraction of sp³-hybridized carbons (Fsp3) is 0.188. The number of carbonyl (C=O) groups excluding carboxylic acids is 1. The first-order chi connectivity index (χ1) is 11.5. The predicted octanol–water partition coefficient (Wildman–Crippen LogP) is 3.81. The van der Waals surface area contributed by atoms with Gasteiger partial charge in [0.05, 0.1) is 20.7 Å². The Balaban J connectivity index is 2.19. The zero-order valence-corrected chi connectivity index (χ0v) is 16.0. The molecule has 0 aromatic heterocycles. The summed E-state index contributed by atoms with van der Waals surface area (Å²) in [5.41, 5.74) is -1.79. The molecule has 0 radical (unpaired) electrons. The maximum absolute atomic E-state index is 12.5. The second-order valence-corrected chi connectivity index (χ2v) is 8.81. The third kappa shape index (κ3) is 5.09. The van der Waals surface area contributed by atoms with E-state index in [2.05, 4.69) is 5.32 Å². The molecular formula is C16H14Cl3NO4S. The highest BCUT2D eigenvalue weighted by Gasteiger charge is 2.36. The van der Waals surface area contributed by atoms with Crippen LogP contribution in [-0.2, 0) is 14.6 Å². The molecule has 2 aromatic rings. The summed E-state index contributed by atoms with van der Waals surface area (Å²) in [6.45, 7) is 1.12. The van der Waals surface area contributed by atoms with E-state index in [-0.39, 0.29) is 14.9 Å². The van der Waals surface area contributed by atoms with Crippen LogP contribution in [0.4, 0.5) is 5.69 Å². The molecule has 1 amide bonds. The zero-order valence-electron chi connectivity index (χ0n) is 13.0. The summed E-state index contributed by atoms with van der Waals surface area (Å²) >= 11 is 17.3. The Morgan fingerprint density at radius 2 is 1.68 bits per heavy atom. The van der Waals surface area contributed by atoms with Crippen LogP contribution in [0.5, 0.6) is 0 Å². The highest BCUT2D eigenvalue weighted by atomic mass is 35.5. The first kappa shape index (κ1) is 20.0. The highest BCUT2D eigenvalue weighted by molar-refractivity contribution is 7.91. The Hall–Kier alpha value is -1.31. The van der Waals surface area contributed by atoms with E-state index in [0.717, 1.165) is 6.92 Å². The summed E-state index contributed by atoms with van der Waals surface area (Å²) in [5, 5.41) is 13.5. The lowest BCUT2D eigenvalue weighted by Crippen LogP contribution is -2.45. The average Bonchev–Trinajstić information content (AvgIpc) is 2.51. The van der Waals surface area contributed by atoms with Crippen molar-refractivity contribution in [2.45, 2.75) is 17.4 Å². The molecule has 0 fully saturated rings. The summed E-state index contributed by atoms with van der Waals surface area (Å²) in [4.78, 5) is 12.1. The van der Waals surface area contributed by atoms with Gasteiger partial charge in [-0.2, -0.15) is 0 Å². The molecule has 1 atom stereocenters. The third-order valence-corrected chi connectivity index (χ3v) is 6.22. The standard InChI is InChI=1S/C16H14Cl3NO4S/c1-16(22,15(21)20-11-4-2-10(17)3-5-11)9-25(23,24)12-6-7-13(18)14(19)8-12/h2-8,22H,9H2,1H3,(H,20,21)/t16-/m0/s1. The average molecular weight is 423 g/mol. The Morgan fingerprint density at radius 3 is 2.24 bits per heavy atom. The Labute approximate surface area is 160 Å². The number of hydrogen-bond acceptors (Lipinski definition) is 4. The molecular weight excluding hydrogens is 409 g/mol. The smallest absolute Gasteiger partial charge is 0.257 e. The maximum atomic E-state index is 12.5. The fourth-order valence-corrected chi connectivity index (χ4v) is 4.09. The van der Waals surface area contributed by atoms with E-state index in [1.54, 1.807) is 12.1 Å². The van der Waals surface area contributed by atoms with Crippen LogP contribution in [0.15, 0.2) is 47.4 Å². The topological polar surface area (TPSA) is 83.5 Å². The lowest BCUT2D eigenvalue weighted by atomic mass is 10.1. The molecule has 9 heteroatoms. The molecule has 2 aromatic carbocycles. The van der Waals surface area contributed by atoms with Gasteiger partial charge in [-0.1, -0.05) is 34.8 Å². The van der Waals surface area contributed by atoms with Crippen molar-refractivity contribution in [1.82, 2.24) is 0 Å². The molecule has 25 heavy (non-hydrogen) atoms. The molecule has 0 bridgehead atoms. The first-order valence-electron chi connectivity index (χ1n) is 6.98. The van der Waals surface area contributed by atoms with Crippen LogP contribution in [-0.4, -0.2) is 30.8 Å². The highest BCUT2D eigenvalue weighted by Crippen LogP contribution is 2.27. The number of amides is 1. The number of rotatable bonds is 5. The van der Waals surface area contributed by atoms with Crippen LogP contribution >= 0.6 is 34.8 Å². The number of nitrogens with one attached hydrogen (secondary N) is 1. The summed E-state index contributed by atoms with van der Waals surface area (Å²) in [5.74, 6) is -1.68. The number of carbonyl (C=O) groups is 1. The number of aliphatic hydroxyl groups is 1. The van der Waals surface area contributed by atoms with Gasteiger partial charge in [0.2, 0.25) is 0 Å². The van der Waals surface area contributed by atoms with Crippen molar-refractivity contribution >= 4 is 56.2 Å². The van der Waals surface area contributed by atoms with E-state index < -0.39 is 27.1 Å². The number of halogens is 3. The van der Waals surface area contributed by atoms with Gasteiger partial charge in [0.25, 0.3) is 5.91 Å². The molecule has 5 nitrogen and oxygen atoms in total. The van der Waals surface area contributed by atoms with E-state index in [1.807, 2.05) is 0 Å². The second kappa shape index (κ2) is 7.51. The molecule has 0 unspecified atom stereocenters. The number of benzene rings is 2. The van der Waals surface area contributed by atoms with Crippen molar-refractivity contribution in [2.24, 2.45) is 0 Å². The van der Waals surface area contributed by atoms with Gasteiger partial charge in [0, 0.05) is 10.7 Å². The van der Waals surface area contributed by atoms with Gasteiger partial charge >= 0.3 is 0 Å². The van der Waals surface area contributed by atoms with Gasteiger partial charge in [0.1, 0.15) is 0 Å². The predicted molar refractivity (Wildman–Crippen MR) is 99.2 cm³/mol. The molecule has 0 aliphatic heterocycles. The zero-order chi connectivity index (χ0) is 18.8. The minimum absolute atomic E-state index is 0.0630. The van der Waals surface area contributed by atoms with Gasteiger partial charge in [-0.3, -0.25) is 4.79 Å². The minimum atomic E-state index is -3.98. The van der Waals surface area contributed by atoms with Crippen molar-refractivity contribution in [3.05, 3.63) is 57.5 Å². The van der Waals surface area contributed by atoms with Crippen molar-refractivity contribution < 1.29 is 18.3 Å². The summed E-state index contributed by atoms with van der Waals surface area (Å²) in [7, 11) is -3.98. The van der Waals surface area contributed by atoms with Crippen molar-refractivity contribution in [3.8, 4) is 0 Å². The minimum Gasteiger partial charge on any atom is -0.379 e. The third-order valence-electron chi connectivity index (χ3n) is 3.31. The molecule has 2 N–H and O–H groups in total. The fourth-order valence-electron chi connectivity index (χ4n) is 1.99. The molecule has 0 saturated carbocycles. The van der Waals surface area contributed by atoms with E-state index in [4.69, 9.17) is 34.8 Å². The van der Waals surface area contributed by atoms with Gasteiger partial charge in [-0.25, -0.2) is 8.42 Å². The van der Waals surface area contributed by atoms with Gasteiger partial charge < -0.3 is 10.4 Å². The molecule has 0 spiro atoms. The molecule has 134 valence electrons. The van der Waals surface area contributed by atoms with Crippen LogP contribution in [0.1, 0.15) is 6.92 Å². The number of hydrogen-bond donors (Lipinski definition) is 2. The van der Waals surface area contributed by atoms with Gasteiger partial charge in [-0.05, 0) is 49.4 Å². The maximum Gasteiger partial charge on any atom is 0.257 e. The van der Waals surface area contributed by atoms with Crippen molar-refractivity contribution in [2.75, 3.05) is 11.1 Å². The van der Waals surface area contributed by atoms with Gasteiger partial charge in [0.15, 0.2) is 15.4 Å². The van der Waals surface area contributed by atoms with E-state index in [9.17, 15) is 18.3 Å². The van der Waals surface area contributed by atoms with Crippen LogP contribution in [0.3, 0.4) is 0 Å². The monoisotopic (exact) mass is 421 g/mol. The largest absolute Gasteiger partial charge is 0.379 e. The lowest BCUT2D eigenvalue weighted by molar-refractivity contribution is -0.130. The van der Waals surface area contributed by atoms with Crippen molar-refractivity contribution in [3.63, 3.8) is 0 Å². The van der Waals surface area contributed by atoms with E-state index in [1.165, 1.54) is 30.3 Å². The normalized spacial score (nSPS) is 14.0. The molecule has 0 aliphatic carbocycles. The van der Waals surface area contributed by atoms with Crippen LogP contribution in [0.25, 0.3) is 0 Å². The summed E-state index contributed by atoms with van der Waals surface area (Å²) in [6.07, 6.45) is 0. The number of anilines is 1. The lowest BCUT2D eigenvalue weighted by Gasteiger charge is -2.22. The Morgan fingerprint density at radius 1 is 1.08 bits per heavy atom. The van der Waals surface area contributed by atoms with Gasteiger partial charge in [-0.15, -0.1) is 0 Å². The summed E-state index contributed by atoms with van der Waals surface area (Å²) < 4.78 is 24.9. The van der Waals surface area contributed by atoms with E-state index >= 15 is 0 Å². The molecule has 0 saturated heterocycles. The Bertz CT molecular complexity index is 896. The molecule has 2 rings (SSSR count). The summed E-state index contributed by atoms with van der Waals surface area (Å²) in [6, 6.07) is 9.94. The van der Waals surface area contributed by atoms with Crippen LogP contribution < -0.4 is 5.32 Å². The molecule has 0 aliphatic rings. The quantitative estimate of drug-likeness (QED) is 0.767. The second-order valence-electron chi connectivity index (χ2n) is 5.57.